The first-order valence-electron chi connectivity index (χ1n) is 7.21. The topological polar surface area (TPSA) is 64.3 Å². The van der Waals surface area contributed by atoms with Crippen LogP contribution in [0.1, 0.15) is 45.7 Å². The summed E-state index contributed by atoms with van der Waals surface area (Å²) in [6, 6.07) is 7.79. The van der Waals surface area contributed by atoms with Crippen molar-refractivity contribution < 1.29 is 9.53 Å². The third-order valence-corrected chi connectivity index (χ3v) is 3.14. The summed E-state index contributed by atoms with van der Waals surface area (Å²) < 4.78 is 5.67. The van der Waals surface area contributed by atoms with Crippen molar-refractivity contribution >= 4 is 5.91 Å². The van der Waals surface area contributed by atoms with Gasteiger partial charge in [0.05, 0.1) is 12.1 Å². The number of ether oxygens (including phenoxy) is 1. The fourth-order valence-electron chi connectivity index (χ4n) is 1.95. The van der Waals surface area contributed by atoms with E-state index in [1.807, 2.05) is 52.0 Å². The summed E-state index contributed by atoms with van der Waals surface area (Å²) in [5, 5.41) is 3.01. The molecule has 4 heteroatoms. The number of carbonyl (C=O) groups excluding carboxylic acids is 1. The molecule has 0 saturated carbocycles. The van der Waals surface area contributed by atoms with Gasteiger partial charge in [0.1, 0.15) is 5.75 Å². The molecule has 0 aliphatic rings. The van der Waals surface area contributed by atoms with E-state index in [1.165, 1.54) is 0 Å². The predicted octanol–water partition coefficient (Wildman–Crippen LogP) is 2.64. The largest absolute Gasteiger partial charge is 0.491 e. The smallest absolute Gasteiger partial charge is 0.223 e. The number of amides is 1. The van der Waals surface area contributed by atoms with Crippen molar-refractivity contribution in [3.63, 3.8) is 0 Å². The normalized spacial score (nSPS) is 13.9. The van der Waals surface area contributed by atoms with Gasteiger partial charge < -0.3 is 15.8 Å². The van der Waals surface area contributed by atoms with E-state index in [4.69, 9.17) is 10.5 Å². The second-order valence-electron chi connectivity index (χ2n) is 5.45. The minimum Gasteiger partial charge on any atom is -0.491 e. The molecule has 0 fully saturated rings. The van der Waals surface area contributed by atoms with Gasteiger partial charge in [0.15, 0.2) is 0 Å². The lowest BCUT2D eigenvalue weighted by Crippen LogP contribution is -2.32. The Kier molecular flexibility index (Phi) is 6.52. The quantitative estimate of drug-likeness (QED) is 0.806. The molecule has 0 saturated heterocycles. The highest BCUT2D eigenvalue weighted by atomic mass is 16.5. The molecule has 0 heterocycles. The summed E-state index contributed by atoms with van der Waals surface area (Å²) in [5.74, 6) is 0.810. The standard InChI is InChI=1S/C16H26N2O2/c1-11(2)20-15-7-5-6-14(10-15)13(4)18-16(19)12(3)8-9-17/h5-7,10-13H,8-9,17H2,1-4H3,(H,18,19). The number of nitrogens with one attached hydrogen (secondary N) is 1. The molecule has 2 atom stereocenters. The van der Waals surface area contributed by atoms with Crippen LogP contribution < -0.4 is 15.8 Å². The summed E-state index contributed by atoms with van der Waals surface area (Å²) in [6.45, 7) is 8.38. The molecule has 1 aromatic rings. The minimum absolute atomic E-state index is 0.0399. The van der Waals surface area contributed by atoms with Crippen LogP contribution in [0.3, 0.4) is 0 Å². The molecule has 0 radical (unpaired) electrons. The van der Waals surface area contributed by atoms with Crippen LogP contribution in [0.15, 0.2) is 24.3 Å². The van der Waals surface area contributed by atoms with Gasteiger partial charge in [-0.05, 0) is 51.4 Å². The van der Waals surface area contributed by atoms with Crippen LogP contribution in [0.25, 0.3) is 0 Å². The highest BCUT2D eigenvalue weighted by Crippen LogP contribution is 2.20. The molecule has 0 bridgehead atoms. The number of carbonyl (C=O) groups is 1. The first kappa shape index (κ1) is 16.5. The predicted molar refractivity (Wildman–Crippen MR) is 81.6 cm³/mol. The van der Waals surface area contributed by atoms with Gasteiger partial charge in [0.25, 0.3) is 0 Å². The highest BCUT2D eigenvalue weighted by molar-refractivity contribution is 5.78. The molecule has 1 amide bonds. The lowest BCUT2D eigenvalue weighted by atomic mass is 10.0. The molecule has 2 unspecified atom stereocenters. The van der Waals surface area contributed by atoms with E-state index in [2.05, 4.69) is 5.32 Å². The van der Waals surface area contributed by atoms with Gasteiger partial charge in [0.2, 0.25) is 5.91 Å². The Labute approximate surface area is 121 Å². The van der Waals surface area contributed by atoms with Crippen LogP contribution in [0.2, 0.25) is 0 Å². The molecule has 1 rings (SSSR count). The molecular weight excluding hydrogens is 252 g/mol. The number of hydrogen-bond donors (Lipinski definition) is 2. The van der Waals surface area contributed by atoms with Gasteiger partial charge in [0, 0.05) is 5.92 Å². The minimum atomic E-state index is -0.0578. The maximum Gasteiger partial charge on any atom is 0.223 e. The van der Waals surface area contributed by atoms with Crippen molar-refractivity contribution in [2.45, 2.75) is 46.3 Å². The van der Waals surface area contributed by atoms with Crippen molar-refractivity contribution in [2.75, 3.05) is 6.54 Å². The Hall–Kier alpha value is -1.55. The summed E-state index contributed by atoms with van der Waals surface area (Å²) in [6.07, 6.45) is 0.842. The maximum atomic E-state index is 12.0. The third-order valence-electron chi connectivity index (χ3n) is 3.14. The Bertz CT molecular complexity index is 432. The molecule has 0 aromatic heterocycles. The van der Waals surface area contributed by atoms with Gasteiger partial charge in [-0.1, -0.05) is 19.1 Å². The van der Waals surface area contributed by atoms with E-state index in [9.17, 15) is 4.79 Å². The van der Waals surface area contributed by atoms with Gasteiger partial charge in [-0.25, -0.2) is 0 Å². The number of benzene rings is 1. The zero-order valence-electron chi connectivity index (χ0n) is 12.8. The summed E-state index contributed by atoms with van der Waals surface area (Å²) in [7, 11) is 0. The van der Waals surface area contributed by atoms with E-state index in [1.54, 1.807) is 0 Å². The highest BCUT2D eigenvalue weighted by Gasteiger charge is 2.15. The van der Waals surface area contributed by atoms with E-state index in [0.717, 1.165) is 11.3 Å². The number of hydrogen-bond acceptors (Lipinski definition) is 3. The van der Waals surface area contributed by atoms with E-state index < -0.39 is 0 Å². The molecular formula is C16H26N2O2. The van der Waals surface area contributed by atoms with E-state index in [0.29, 0.717) is 13.0 Å². The molecule has 0 spiro atoms. The fourth-order valence-corrected chi connectivity index (χ4v) is 1.95. The average molecular weight is 278 g/mol. The van der Waals surface area contributed by atoms with Crippen molar-refractivity contribution in [3.8, 4) is 5.75 Å². The van der Waals surface area contributed by atoms with Gasteiger partial charge in [-0.2, -0.15) is 0 Å². The Balaban J connectivity index is 2.67. The average Bonchev–Trinajstić information content (AvgIpc) is 2.38. The second kappa shape index (κ2) is 7.90. The number of nitrogens with two attached hydrogens (primary N) is 1. The Morgan fingerprint density at radius 1 is 1.30 bits per heavy atom. The second-order valence-corrected chi connectivity index (χ2v) is 5.45. The zero-order valence-corrected chi connectivity index (χ0v) is 12.8. The van der Waals surface area contributed by atoms with Crippen molar-refractivity contribution in [3.05, 3.63) is 29.8 Å². The zero-order chi connectivity index (χ0) is 15.1. The van der Waals surface area contributed by atoms with Crippen molar-refractivity contribution in [1.82, 2.24) is 5.32 Å². The molecule has 20 heavy (non-hydrogen) atoms. The van der Waals surface area contributed by atoms with E-state index >= 15 is 0 Å². The molecule has 3 N–H and O–H groups in total. The van der Waals surface area contributed by atoms with Crippen LogP contribution in [0.5, 0.6) is 5.75 Å². The first-order chi connectivity index (χ1) is 9.43. The van der Waals surface area contributed by atoms with Crippen LogP contribution >= 0.6 is 0 Å². The monoisotopic (exact) mass is 278 g/mol. The molecule has 0 aliphatic carbocycles. The summed E-state index contributed by atoms with van der Waals surface area (Å²) in [5.41, 5.74) is 6.52. The molecule has 0 aliphatic heterocycles. The maximum absolute atomic E-state index is 12.0. The lowest BCUT2D eigenvalue weighted by molar-refractivity contribution is -0.125. The molecule has 1 aromatic carbocycles. The van der Waals surface area contributed by atoms with Gasteiger partial charge in [-0.15, -0.1) is 0 Å². The molecule has 4 nitrogen and oxygen atoms in total. The van der Waals surface area contributed by atoms with Crippen molar-refractivity contribution in [1.29, 1.82) is 0 Å². The lowest BCUT2D eigenvalue weighted by Gasteiger charge is -2.19. The van der Waals surface area contributed by atoms with Crippen LogP contribution in [-0.2, 0) is 4.79 Å². The first-order valence-corrected chi connectivity index (χ1v) is 7.21. The summed E-state index contributed by atoms with van der Waals surface area (Å²) >= 11 is 0. The van der Waals surface area contributed by atoms with Crippen molar-refractivity contribution in [2.24, 2.45) is 11.7 Å². The Morgan fingerprint density at radius 3 is 2.60 bits per heavy atom. The SMILES string of the molecule is CC(C)Oc1cccc(C(C)NC(=O)C(C)CCN)c1. The van der Waals surface area contributed by atoms with Crippen LogP contribution in [0, 0.1) is 5.92 Å². The Morgan fingerprint density at radius 2 is 2.00 bits per heavy atom. The number of rotatable bonds is 7. The molecule has 112 valence electrons. The third kappa shape index (κ3) is 5.21. The van der Waals surface area contributed by atoms with Gasteiger partial charge >= 0.3 is 0 Å². The van der Waals surface area contributed by atoms with Crippen LogP contribution in [0.4, 0.5) is 0 Å². The van der Waals surface area contributed by atoms with Gasteiger partial charge in [-0.3, -0.25) is 4.79 Å². The van der Waals surface area contributed by atoms with E-state index in [-0.39, 0.29) is 24.0 Å². The fraction of sp³-hybridized carbons (Fsp3) is 0.562. The van der Waals surface area contributed by atoms with Crippen LogP contribution in [-0.4, -0.2) is 18.6 Å². The summed E-state index contributed by atoms with van der Waals surface area (Å²) in [4.78, 5) is 12.0.